The molecule has 0 N–H and O–H groups in total. The van der Waals surface area contributed by atoms with Crippen molar-refractivity contribution in [1.82, 2.24) is 0 Å². The monoisotopic (exact) mass is 392 g/mol. The molecule has 0 bridgehead atoms. The Bertz CT molecular complexity index is 737. The summed E-state index contributed by atoms with van der Waals surface area (Å²) in [6, 6.07) is 21.5. The van der Waals surface area contributed by atoms with Crippen molar-refractivity contribution in [2.45, 2.75) is 76.7 Å². The molecule has 0 spiro atoms. The zero-order chi connectivity index (χ0) is 21.7. The van der Waals surface area contributed by atoms with Gasteiger partial charge in [0.05, 0.1) is 0 Å². The average molecular weight is 393 g/mol. The normalized spacial score (nSPS) is 8.76. The van der Waals surface area contributed by atoms with Crippen LogP contribution in [0.5, 0.6) is 0 Å². The minimum absolute atomic E-state index is 0. The van der Waals surface area contributed by atoms with Gasteiger partial charge in [-0.05, 0) is 77.6 Å². The zero-order valence-corrected chi connectivity index (χ0v) is 19.8. The molecule has 3 aromatic carbocycles. The Balaban J connectivity index is 0. The summed E-state index contributed by atoms with van der Waals surface area (Å²) in [5, 5.41) is 0. The number of rotatable bonds is 0. The summed E-state index contributed by atoms with van der Waals surface area (Å²) >= 11 is 0. The van der Waals surface area contributed by atoms with Crippen molar-refractivity contribution in [3.8, 4) is 0 Å². The molecule has 0 amide bonds. The first-order valence-electron chi connectivity index (χ1n) is 10.3. The summed E-state index contributed by atoms with van der Waals surface area (Å²) in [5.74, 6) is 0. The highest BCUT2D eigenvalue weighted by atomic mass is 14.0. The van der Waals surface area contributed by atoms with Crippen LogP contribution < -0.4 is 0 Å². The lowest BCUT2D eigenvalue weighted by atomic mass is 10.1. The van der Waals surface area contributed by atoms with Crippen LogP contribution in [-0.2, 0) is 0 Å². The van der Waals surface area contributed by atoms with E-state index in [-0.39, 0.29) is 7.43 Å². The van der Waals surface area contributed by atoms with E-state index >= 15 is 0 Å². The molecule has 0 radical (unpaired) electrons. The second kappa shape index (κ2) is 15.6. The molecule has 0 fully saturated rings. The van der Waals surface area contributed by atoms with Crippen molar-refractivity contribution in [2.75, 3.05) is 0 Å². The standard InChI is InChI=1S/2C9H12.C8H10.C2H6.CH4/c2*1-7-4-5-8(2)9(3)6-7;1-7-3-5-8(2)6-4-7;1-2;/h2*4-6H,1-3H3;3-6H,1-2H3;1-2H3;1H4. The highest BCUT2D eigenvalue weighted by molar-refractivity contribution is 5.29. The van der Waals surface area contributed by atoms with Gasteiger partial charge in [0.25, 0.3) is 0 Å². The third kappa shape index (κ3) is 12.7. The fourth-order valence-electron chi connectivity index (χ4n) is 2.42. The van der Waals surface area contributed by atoms with Gasteiger partial charge >= 0.3 is 0 Å². The van der Waals surface area contributed by atoms with Crippen LogP contribution in [0.25, 0.3) is 0 Å². The summed E-state index contributed by atoms with van der Waals surface area (Å²) < 4.78 is 0. The number of aryl methyl sites for hydroxylation is 8. The predicted octanol–water partition coefficient (Wildman–Crippen LogP) is 9.19. The molecule has 0 aliphatic rings. The third-order valence-corrected chi connectivity index (χ3v) is 4.54. The first-order valence-corrected chi connectivity index (χ1v) is 10.3. The molecule has 0 heteroatoms. The van der Waals surface area contributed by atoms with Gasteiger partial charge in [-0.1, -0.05) is 104 Å². The van der Waals surface area contributed by atoms with E-state index in [2.05, 4.69) is 116 Å². The van der Waals surface area contributed by atoms with Crippen LogP contribution in [0.2, 0.25) is 0 Å². The van der Waals surface area contributed by atoms with Gasteiger partial charge in [0.2, 0.25) is 0 Å². The Hall–Kier alpha value is -2.34. The molecule has 3 rings (SSSR count). The van der Waals surface area contributed by atoms with Crippen molar-refractivity contribution in [3.63, 3.8) is 0 Å². The second-order valence-electron chi connectivity index (χ2n) is 7.33. The highest BCUT2D eigenvalue weighted by Gasteiger charge is 1.89. The van der Waals surface area contributed by atoms with E-state index in [1.54, 1.807) is 0 Å². The Morgan fingerprint density at radius 1 is 0.345 bits per heavy atom. The maximum Gasteiger partial charge on any atom is -0.0395 e. The van der Waals surface area contributed by atoms with E-state index in [4.69, 9.17) is 0 Å². The molecule has 0 saturated heterocycles. The van der Waals surface area contributed by atoms with E-state index in [1.807, 2.05) is 13.8 Å². The summed E-state index contributed by atoms with van der Waals surface area (Å²) in [4.78, 5) is 0. The summed E-state index contributed by atoms with van der Waals surface area (Å²) in [7, 11) is 0. The molecule has 0 nitrogen and oxygen atoms in total. The molecule has 0 atom stereocenters. The molecule has 0 unspecified atom stereocenters. The summed E-state index contributed by atoms with van der Waals surface area (Å²) in [5.41, 5.74) is 10.9. The van der Waals surface area contributed by atoms with E-state index in [0.29, 0.717) is 0 Å². The Morgan fingerprint density at radius 3 is 0.793 bits per heavy atom. The van der Waals surface area contributed by atoms with Gasteiger partial charge in [0, 0.05) is 0 Å². The summed E-state index contributed by atoms with van der Waals surface area (Å²) in [6.07, 6.45) is 0. The molecule has 29 heavy (non-hydrogen) atoms. The van der Waals surface area contributed by atoms with Crippen molar-refractivity contribution >= 4 is 0 Å². The first kappa shape index (κ1) is 28.9. The molecule has 160 valence electrons. The fraction of sp³-hybridized carbons (Fsp3) is 0.379. The average Bonchev–Trinajstić information content (AvgIpc) is 2.67. The van der Waals surface area contributed by atoms with Crippen LogP contribution in [0.3, 0.4) is 0 Å². The van der Waals surface area contributed by atoms with E-state index in [0.717, 1.165) is 0 Å². The molecular formula is C29H44. The Morgan fingerprint density at radius 2 is 0.586 bits per heavy atom. The Labute approximate surface area is 182 Å². The fourth-order valence-corrected chi connectivity index (χ4v) is 2.42. The first-order chi connectivity index (χ1) is 13.2. The molecule has 3 aromatic rings. The Kier molecular flexibility index (Phi) is 15.5. The second-order valence-corrected chi connectivity index (χ2v) is 7.33. The van der Waals surface area contributed by atoms with Gasteiger partial charge in [-0.25, -0.2) is 0 Å². The van der Waals surface area contributed by atoms with Gasteiger partial charge in [0.15, 0.2) is 0 Å². The van der Waals surface area contributed by atoms with E-state index in [1.165, 1.54) is 44.5 Å². The molecule has 0 heterocycles. The predicted molar refractivity (Wildman–Crippen MR) is 135 cm³/mol. The number of hydrogen-bond acceptors (Lipinski definition) is 0. The molecule has 0 aromatic heterocycles. The van der Waals surface area contributed by atoms with E-state index in [9.17, 15) is 0 Å². The van der Waals surface area contributed by atoms with Crippen molar-refractivity contribution < 1.29 is 0 Å². The SMILES string of the molecule is C.CC.Cc1ccc(C)c(C)c1.Cc1ccc(C)c(C)c1.Cc1ccc(C)cc1. The van der Waals surface area contributed by atoms with Gasteiger partial charge in [-0.2, -0.15) is 0 Å². The highest BCUT2D eigenvalue weighted by Crippen LogP contribution is 2.08. The van der Waals surface area contributed by atoms with Crippen LogP contribution in [0, 0.1) is 55.4 Å². The molecule has 0 aliphatic heterocycles. The van der Waals surface area contributed by atoms with Gasteiger partial charge < -0.3 is 0 Å². The lowest BCUT2D eigenvalue weighted by Gasteiger charge is -1.98. The topological polar surface area (TPSA) is 0 Å². The zero-order valence-electron chi connectivity index (χ0n) is 19.8. The smallest absolute Gasteiger partial charge is 0.0395 e. The quantitative estimate of drug-likeness (QED) is 0.357. The minimum Gasteiger partial charge on any atom is -0.0776 e. The van der Waals surface area contributed by atoms with Crippen LogP contribution in [0.4, 0.5) is 0 Å². The van der Waals surface area contributed by atoms with Gasteiger partial charge in [0.1, 0.15) is 0 Å². The molecule has 0 saturated carbocycles. The van der Waals surface area contributed by atoms with E-state index < -0.39 is 0 Å². The van der Waals surface area contributed by atoms with Crippen LogP contribution in [-0.4, -0.2) is 0 Å². The largest absolute Gasteiger partial charge is 0.0776 e. The van der Waals surface area contributed by atoms with Crippen LogP contribution in [0.1, 0.15) is 65.8 Å². The van der Waals surface area contributed by atoms with Gasteiger partial charge in [-0.3, -0.25) is 0 Å². The molecular weight excluding hydrogens is 348 g/mol. The van der Waals surface area contributed by atoms with Gasteiger partial charge in [-0.15, -0.1) is 0 Å². The molecule has 0 aliphatic carbocycles. The van der Waals surface area contributed by atoms with Crippen LogP contribution >= 0.6 is 0 Å². The maximum atomic E-state index is 2.20. The lowest BCUT2D eigenvalue weighted by molar-refractivity contribution is 1.30. The number of benzene rings is 3. The number of hydrogen-bond donors (Lipinski definition) is 0. The minimum atomic E-state index is 0. The lowest BCUT2D eigenvalue weighted by Crippen LogP contribution is -1.79. The third-order valence-electron chi connectivity index (χ3n) is 4.54. The summed E-state index contributed by atoms with van der Waals surface area (Å²) in [6.45, 7) is 21.0. The van der Waals surface area contributed by atoms with Crippen molar-refractivity contribution in [2.24, 2.45) is 0 Å². The van der Waals surface area contributed by atoms with Crippen molar-refractivity contribution in [3.05, 3.63) is 105 Å². The maximum absolute atomic E-state index is 2.20. The van der Waals surface area contributed by atoms with Crippen LogP contribution in [0.15, 0.2) is 60.7 Å². The van der Waals surface area contributed by atoms with Crippen molar-refractivity contribution in [1.29, 1.82) is 0 Å².